The van der Waals surface area contributed by atoms with Crippen molar-refractivity contribution < 1.29 is 9.90 Å². The van der Waals surface area contributed by atoms with Gasteiger partial charge in [0.05, 0.1) is 5.92 Å². The molecule has 54 valence electrons. The Morgan fingerprint density at radius 1 is 1.50 bits per heavy atom. The maximum absolute atomic E-state index is 10.3. The fraction of sp³-hybridized carbons (Fsp3) is 0.857. The molecule has 2 nitrogen and oxygen atoms in total. The second kappa shape index (κ2) is 4.37. The zero-order valence-electron chi connectivity index (χ0n) is 5.63. The summed E-state index contributed by atoms with van der Waals surface area (Å²) in [4.78, 5) is 10.3. The van der Waals surface area contributed by atoms with Crippen molar-refractivity contribution in [2.75, 3.05) is 0 Å². The Hall–Kier alpha value is 0.470. The zero-order chi connectivity index (χ0) is 6.85. The zero-order valence-corrected chi connectivity index (χ0v) is 5.63. The topological polar surface area (TPSA) is 37.3 Å². The molecule has 10 heavy (non-hydrogen) atoms. The van der Waals surface area contributed by atoms with Crippen molar-refractivity contribution in [3.63, 3.8) is 0 Å². The Labute approximate surface area is 83.3 Å². The molecule has 0 aromatic rings. The number of carboxylic acid groups (broad SMARTS) is 1. The van der Waals surface area contributed by atoms with Crippen LogP contribution in [-0.2, 0) is 4.79 Å². The van der Waals surface area contributed by atoms with Gasteiger partial charge in [-0.25, -0.2) is 0 Å². The predicted octanol–water partition coefficient (Wildman–Crippen LogP) is 0.859. The van der Waals surface area contributed by atoms with Crippen molar-refractivity contribution >= 4 is 35.5 Å². The van der Waals surface area contributed by atoms with Crippen LogP contribution < -0.4 is 0 Å². The summed E-state index contributed by atoms with van der Waals surface area (Å²) in [5, 5.41) is 8.53. The molecule has 1 fully saturated rings. The average molecular weight is 152 g/mol. The van der Waals surface area contributed by atoms with Gasteiger partial charge in [0.2, 0.25) is 0 Å². The molecule has 0 spiro atoms. The van der Waals surface area contributed by atoms with E-state index >= 15 is 0 Å². The minimum atomic E-state index is -0.612. The van der Waals surface area contributed by atoms with E-state index in [9.17, 15) is 4.79 Å². The third kappa shape index (κ3) is 2.60. The van der Waals surface area contributed by atoms with Gasteiger partial charge in [-0.3, -0.25) is 4.79 Å². The fourth-order valence-corrected chi connectivity index (χ4v) is 1.43. The summed E-state index contributed by atoms with van der Waals surface area (Å²) in [5.41, 5.74) is 0. The van der Waals surface area contributed by atoms with Crippen LogP contribution in [0.25, 0.3) is 0 Å². The van der Waals surface area contributed by atoms with Gasteiger partial charge in [0.25, 0.3) is 0 Å². The molecule has 0 radical (unpaired) electrons. The second-order valence-corrected chi connectivity index (χ2v) is 2.95. The monoisotopic (exact) mass is 152 g/mol. The second-order valence-electron chi connectivity index (χ2n) is 2.95. The molecular weight excluding hydrogens is 139 g/mol. The number of carboxylic acids is 1. The summed E-state index contributed by atoms with van der Waals surface area (Å²) in [6.45, 7) is 2.11. The van der Waals surface area contributed by atoms with Gasteiger partial charge in [-0.05, 0) is 25.2 Å². The Balaban J connectivity index is 0.000000810. The van der Waals surface area contributed by atoms with Crippen LogP contribution in [0.5, 0.6) is 0 Å². The van der Waals surface area contributed by atoms with E-state index in [2.05, 4.69) is 6.92 Å². The summed E-state index contributed by atoms with van der Waals surface area (Å²) in [6.07, 6.45) is 2.86. The normalized spacial score (nSPS) is 31.3. The first-order valence-corrected chi connectivity index (χ1v) is 3.43. The molecule has 2 unspecified atom stereocenters. The van der Waals surface area contributed by atoms with Crippen molar-refractivity contribution in [3.8, 4) is 0 Å². The van der Waals surface area contributed by atoms with E-state index in [0.717, 1.165) is 19.3 Å². The Morgan fingerprint density at radius 3 is 2.30 bits per heavy atom. The molecule has 0 aromatic carbocycles. The van der Waals surface area contributed by atoms with Crippen LogP contribution in [0.3, 0.4) is 0 Å². The molecule has 1 aliphatic rings. The van der Waals surface area contributed by atoms with Crippen LogP contribution in [0, 0.1) is 11.8 Å². The SMILES string of the molecule is CC1CCC(C(=O)O)C1.[NaH]. The van der Waals surface area contributed by atoms with Crippen molar-refractivity contribution in [2.45, 2.75) is 26.2 Å². The molecule has 2 atom stereocenters. The number of aliphatic carboxylic acids is 1. The molecule has 1 aliphatic carbocycles. The average Bonchev–Trinajstić information content (AvgIpc) is 2.14. The van der Waals surface area contributed by atoms with Gasteiger partial charge in [-0.15, -0.1) is 0 Å². The van der Waals surface area contributed by atoms with Crippen LogP contribution in [-0.4, -0.2) is 40.6 Å². The molecule has 0 saturated heterocycles. The Bertz CT molecular complexity index is 125. The van der Waals surface area contributed by atoms with Crippen LogP contribution in [0.2, 0.25) is 0 Å². The molecular formula is C7H13NaO2. The van der Waals surface area contributed by atoms with E-state index in [1.807, 2.05) is 0 Å². The van der Waals surface area contributed by atoms with Gasteiger partial charge >= 0.3 is 35.5 Å². The Morgan fingerprint density at radius 2 is 2.10 bits per heavy atom. The summed E-state index contributed by atoms with van der Waals surface area (Å²) in [7, 11) is 0. The van der Waals surface area contributed by atoms with Gasteiger partial charge in [0.15, 0.2) is 0 Å². The molecule has 1 N–H and O–H groups in total. The van der Waals surface area contributed by atoms with Gasteiger partial charge < -0.3 is 5.11 Å². The van der Waals surface area contributed by atoms with E-state index in [1.54, 1.807) is 0 Å². The van der Waals surface area contributed by atoms with Crippen molar-refractivity contribution in [3.05, 3.63) is 0 Å². The molecule has 0 aromatic heterocycles. The molecule has 0 aliphatic heterocycles. The summed E-state index contributed by atoms with van der Waals surface area (Å²) >= 11 is 0. The molecule has 1 saturated carbocycles. The van der Waals surface area contributed by atoms with E-state index in [4.69, 9.17) is 5.11 Å². The quantitative estimate of drug-likeness (QED) is 0.566. The van der Waals surface area contributed by atoms with Crippen molar-refractivity contribution in [1.82, 2.24) is 0 Å². The number of carbonyl (C=O) groups is 1. The first kappa shape index (κ1) is 10.5. The summed E-state index contributed by atoms with van der Waals surface area (Å²) in [6, 6.07) is 0. The number of hydrogen-bond donors (Lipinski definition) is 1. The molecule has 3 heteroatoms. The molecule has 0 heterocycles. The predicted molar refractivity (Wildman–Crippen MR) is 41.3 cm³/mol. The number of rotatable bonds is 1. The van der Waals surface area contributed by atoms with Crippen LogP contribution in [0.15, 0.2) is 0 Å². The third-order valence-electron chi connectivity index (χ3n) is 2.04. The summed E-state index contributed by atoms with van der Waals surface area (Å²) in [5.74, 6) is -0.0227. The Kier molecular flexibility index (Phi) is 4.57. The number of hydrogen-bond acceptors (Lipinski definition) is 1. The van der Waals surface area contributed by atoms with Crippen LogP contribution in [0.4, 0.5) is 0 Å². The van der Waals surface area contributed by atoms with E-state index < -0.39 is 5.97 Å². The van der Waals surface area contributed by atoms with Crippen LogP contribution >= 0.6 is 0 Å². The van der Waals surface area contributed by atoms with Gasteiger partial charge in [-0.2, -0.15) is 0 Å². The third-order valence-corrected chi connectivity index (χ3v) is 2.04. The standard InChI is InChI=1S/C7H12O2.Na.H/c1-5-2-3-6(4-5)7(8)9;;/h5-6H,2-4H2,1H3,(H,8,9);;. The van der Waals surface area contributed by atoms with Crippen molar-refractivity contribution in [2.24, 2.45) is 11.8 Å². The fourth-order valence-electron chi connectivity index (χ4n) is 1.43. The van der Waals surface area contributed by atoms with E-state index in [1.165, 1.54) is 0 Å². The first-order chi connectivity index (χ1) is 4.20. The molecule has 0 amide bonds. The van der Waals surface area contributed by atoms with Crippen LogP contribution in [0.1, 0.15) is 26.2 Å². The van der Waals surface area contributed by atoms with E-state index in [-0.39, 0.29) is 35.5 Å². The summed E-state index contributed by atoms with van der Waals surface area (Å²) < 4.78 is 0. The maximum atomic E-state index is 10.3. The van der Waals surface area contributed by atoms with Crippen molar-refractivity contribution in [1.29, 1.82) is 0 Å². The van der Waals surface area contributed by atoms with Gasteiger partial charge in [0.1, 0.15) is 0 Å². The van der Waals surface area contributed by atoms with Gasteiger partial charge in [0, 0.05) is 0 Å². The van der Waals surface area contributed by atoms with Gasteiger partial charge in [-0.1, -0.05) is 6.92 Å². The molecule has 1 rings (SSSR count). The first-order valence-electron chi connectivity index (χ1n) is 3.43. The van der Waals surface area contributed by atoms with E-state index in [0.29, 0.717) is 5.92 Å². The minimum absolute atomic E-state index is 0. The molecule has 0 bridgehead atoms.